The van der Waals surface area contributed by atoms with Crippen LogP contribution < -0.4 is 5.32 Å². The average Bonchev–Trinajstić information content (AvgIpc) is 2.30. The molecule has 1 aliphatic carbocycles. The molecule has 3 heteroatoms. The van der Waals surface area contributed by atoms with Gasteiger partial charge in [0.15, 0.2) is 0 Å². The fourth-order valence-corrected chi connectivity index (χ4v) is 3.39. The lowest BCUT2D eigenvalue weighted by atomic mass is 9.78. The number of ether oxygens (including phenoxy) is 1. The summed E-state index contributed by atoms with van der Waals surface area (Å²) in [6, 6.07) is 1.01. The van der Waals surface area contributed by atoms with Gasteiger partial charge in [-0.2, -0.15) is 0 Å². The lowest BCUT2D eigenvalue weighted by molar-refractivity contribution is -0.110. The van der Waals surface area contributed by atoms with Crippen LogP contribution in [0, 0.1) is 0 Å². The van der Waals surface area contributed by atoms with E-state index in [4.69, 9.17) is 9.84 Å². The van der Waals surface area contributed by atoms with Crippen LogP contribution in [0.2, 0.25) is 0 Å². The molecule has 0 aromatic heterocycles. The van der Waals surface area contributed by atoms with E-state index >= 15 is 0 Å². The van der Waals surface area contributed by atoms with Crippen LogP contribution in [0.3, 0.4) is 0 Å². The Morgan fingerprint density at radius 3 is 2.82 bits per heavy atom. The van der Waals surface area contributed by atoms with Crippen molar-refractivity contribution in [2.75, 3.05) is 13.2 Å². The monoisotopic (exact) mass is 241 g/mol. The second kappa shape index (κ2) is 6.17. The molecule has 3 nitrogen and oxygen atoms in total. The van der Waals surface area contributed by atoms with Gasteiger partial charge >= 0.3 is 0 Å². The van der Waals surface area contributed by atoms with Gasteiger partial charge in [-0.15, -0.1) is 0 Å². The maximum absolute atomic E-state index is 8.94. The third-order valence-electron chi connectivity index (χ3n) is 4.34. The number of aliphatic hydroxyl groups excluding tert-OH is 1. The maximum atomic E-state index is 8.94. The quantitative estimate of drug-likeness (QED) is 0.793. The molecule has 2 fully saturated rings. The molecule has 17 heavy (non-hydrogen) atoms. The molecule has 2 unspecified atom stereocenters. The van der Waals surface area contributed by atoms with E-state index in [0.29, 0.717) is 12.1 Å². The topological polar surface area (TPSA) is 41.5 Å². The zero-order chi connectivity index (χ0) is 12.1. The van der Waals surface area contributed by atoms with Crippen LogP contribution in [0.5, 0.6) is 0 Å². The van der Waals surface area contributed by atoms with E-state index < -0.39 is 0 Å². The summed E-state index contributed by atoms with van der Waals surface area (Å²) in [5.74, 6) is 0. The van der Waals surface area contributed by atoms with Gasteiger partial charge < -0.3 is 15.2 Å². The summed E-state index contributed by atoms with van der Waals surface area (Å²) in [6.45, 7) is 3.35. The minimum absolute atomic E-state index is 0.188. The predicted molar refractivity (Wildman–Crippen MR) is 69.1 cm³/mol. The third kappa shape index (κ3) is 3.67. The molecule has 2 N–H and O–H groups in total. The molecule has 2 rings (SSSR count). The van der Waals surface area contributed by atoms with Gasteiger partial charge in [0, 0.05) is 25.3 Å². The van der Waals surface area contributed by atoms with Gasteiger partial charge in [-0.1, -0.05) is 19.3 Å². The summed E-state index contributed by atoms with van der Waals surface area (Å²) >= 11 is 0. The van der Waals surface area contributed by atoms with Gasteiger partial charge in [-0.25, -0.2) is 0 Å². The van der Waals surface area contributed by atoms with Crippen molar-refractivity contribution in [3.63, 3.8) is 0 Å². The van der Waals surface area contributed by atoms with E-state index in [1.54, 1.807) is 0 Å². The fourth-order valence-electron chi connectivity index (χ4n) is 3.39. The van der Waals surface area contributed by atoms with Crippen molar-refractivity contribution in [1.82, 2.24) is 5.32 Å². The molecule has 2 atom stereocenters. The fraction of sp³-hybridized carbons (Fsp3) is 1.00. The van der Waals surface area contributed by atoms with E-state index in [1.165, 1.54) is 38.5 Å². The minimum Gasteiger partial charge on any atom is -0.396 e. The minimum atomic E-state index is 0.188. The van der Waals surface area contributed by atoms with Crippen molar-refractivity contribution in [1.29, 1.82) is 0 Å². The second-order valence-corrected chi connectivity index (χ2v) is 5.86. The molecule has 1 spiro atoms. The van der Waals surface area contributed by atoms with E-state index in [0.717, 1.165) is 19.4 Å². The van der Waals surface area contributed by atoms with Gasteiger partial charge in [-0.3, -0.25) is 0 Å². The lowest BCUT2D eigenvalue weighted by Crippen LogP contribution is -2.50. The Bertz CT molecular complexity index is 221. The Kier molecular flexibility index (Phi) is 4.83. The Hall–Kier alpha value is -0.120. The Morgan fingerprint density at radius 1 is 1.35 bits per heavy atom. The summed E-state index contributed by atoms with van der Waals surface area (Å²) in [4.78, 5) is 0. The highest BCUT2D eigenvalue weighted by molar-refractivity contribution is 4.92. The van der Waals surface area contributed by atoms with E-state index in [1.807, 2.05) is 0 Å². The van der Waals surface area contributed by atoms with Crippen molar-refractivity contribution >= 4 is 0 Å². The summed E-state index contributed by atoms with van der Waals surface area (Å²) in [5.41, 5.74) is 0.188. The van der Waals surface area contributed by atoms with E-state index in [-0.39, 0.29) is 12.2 Å². The smallest absolute Gasteiger partial charge is 0.0697 e. The zero-order valence-electron chi connectivity index (χ0n) is 11.1. The van der Waals surface area contributed by atoms with Gasteiger partial charge in [-0.05, 0) is 39.0 Å². The van der Waals surface area contributed by atoms with Crippen LogP contribution in [-0.2, 0) is 4.74 Å². The van der Waals surface area contributed by atoms with Crippen molar-refractivity contribution in [2.24, 2.45) is 0 Å². The van der Waals surface area contributed by atoms with E-state index in [9.17, 15) is 0 Å². The Labute approximate surface area is 105 Å². The highest BCUT2D eigenvalue weighted by atomic mass is 16.5. The summed E-state index contributed by atoms with van der Waals surface area (Å²) < 4.78 is 6.09. The molecular weight excluding hydrogens is 214 g/mol. The summed E-state index contributed by atoms with van der Waals surface area (Å²) in [5, 5.41) is 12.6. The first-order chi connectivity index (χ1) is 8.24. The van der Waals surface area contributed by atoms with Crippen LogP contribution in [0.25, 0.3) is 0 Å². The molecule has 100 valence electrons. The molecule has 1 saturated carbocycles. The molecule has 2 aliphatic rings. The van der Waals surface area contributed by atoms with Crippen LogP contribution in [0.15, 0.2) is 0 Å². The molecule has 0 bridgehead atoms. The SMILES string of the molecule is CC(CCO)NC1CCOC2(CCCCC2)C1. The first-order valence-corrected chi connectivity index (χ1v) is 7.25. The average molecular weight is 241 g/mol. The van der Waals surface area contributed by atoms with Crippen molar-refractivity contribution in [3.8, 4) is 0 Å². The van der Waals surface area contributed by atoms with Crippen LogP contribution in [0.1, 0.15) is 58.3 Å². The molecule has 0 aromatic rings. The molecule has 0 aromatic carbocycles. The Morgan fingerprint density at radius 2 is 2.12 bits per heavy atom. The van der Waals surface area contributed by atoms with Crippen LogP contribution >= 0.6 is 0 Å². The third-order valence-corrected chi connectivity index (χ3v) is 4.34. The molecule has 0 radical (unpaired) electrons. The first-order valence-electron chi connectivity index (χ1n) is 7.25. The predicted octanol–water partition coefficient (Wildman–Crippen LogP) is 2.23. The lowest BCUT2D eigenvalue weighted by Gasteiger charge is -2.44. The van der Waals surface area contributed by atoms with Crippen LogP contribution in [-0.4, -0.2) is 36.0 Å². The zero-order valence-corrected chi connectivity index (χ0v) is 11.1. The number of rotatable bonds is 4. The summed E-state index contributed by atoms with van der Waals surface area (Å²) in [6.07, 6.45) is 9.69. The summed E-state index contributed by atoms with van der Waals surface area (Å²) in [7, 11) is 0. The second-order valence-electron chi connectivity index (χ2n) is 5.86. The number of nitrogens with one attached hydrogen (secondary N) is 1. The molecular formula is C14H27NO2. The van der Waals surface area contributed by atoms with Gasteiger partial charge in [0.2, 0.25) is 0 Å². The molecule has 0 amide bonds. The van der Waals surface area contributed by atoms with Crippen LogP contribution in [0.4, 0.5) is 0 Å². The maximum Gasteiger partial charge on any atom is 0.0697 e. The molecule has 1 aliphatic heterocycles. The molecule has 1 saturated heterocycles. The number of hydrogen-bond donors (Lipinski definition) is 2. The van der Waals surface area contributed by atoms with Gasteiger partial charge in [0.05, 0.1) is 5.60 Å². The van der Waals surface area contributed by atoms with Crippen molar-refractivity contribution < 1.29 is 9.84 Å². The van der Waals surface area contributed by atoms with E-state index in [2.05, 4.69) is 12.2 Å². The van der Waals surface area contributed by atoms with Crippen molar-refractivity contribution in [3.05, 3.63) is 0 Å². The normalized spacial score (nSPS) is 30.4. The van der Waals surface area contributed by atoms with Gasteiger partial charge in [0.25, 0.3) is 0 Å². The highest BCUT2D eigenvalue weighted by Gasteiger charge is 2.38. The highest BCUT2D eigenvalue weighted by Crippen LogP contribution is 2.38. The molecule has 1 heterocycles. The van der Waals surface area contributed by atoms with Crippen molar-refractivity contribution in [2.45, 2.75) is 76.0 Å². The number of aliphatic hydroxyl groups is 1. The number of hydrogen-bond acceptors (Lipinski definition) is 3. The van der Waals surface area contributed by atoms with Gasteiger partial charge in [0.1, 0.15) is 0 Å². The first kappa shape index (κ1) is 13.3. The Balaban J connectivity index is 1.83. The standard InChI is InChI=1S/C14H27NO2/c1-12(5-9-16)15-13-6-10-17-14(11-13)7-3-2-4-8-14/h12-13,15-16H,2-11H2,1H3. The largest absolute Gasteiger partial charge is 0.396 e.